The molecule has 172 valence electrons. The lowest BCUT2D eigenvalue weighted by molar-refractivity contribution is 0.159. The maximum atomic E-state index is 2.60. The molecule has 0 bridgehead atoms. The molecule has 0 saturated heterocycles. The molecular weight excluding hydrogens is 352 g/mol. The molecule has 1 rings (SSSR count). The summed E-state index contributed by atoms with van der Waals surface area (Å²) < 4.78 is 0. The quantitative estimate of drug-likeness (QED) is 0.176. The second-order valence-corrected chi connectivity index (χ2v) is 9.48. The third-order valence-electron chi connectivity index (χ3n) is 6.68. The minimum absolute atomic E-state index is 0.623. The maximum absolute atomic E-state index is 2.60. The van der Waals surface area contributed by atoms with Crippen molar-refractivity contribution in [3.8, 4) is 0 Å². The van der Waals surface area contributed by atoms with Crippen molar-refractivity contribution >= 4 is 0 Å². The third kappa shape index (κ3) is 14.1. The second-order valence-electron chi connectivity index (χ2n) is 9.48. The van der Waals surface area contributed by atoms with Crippen molar-refractivity contribution in [2.24, 2.45) is 0 Å². The van der Waals surface area contributed by atoms with E-state index in [9.17, 15) is 0 Å². The Kier molecular flexibility index (Phi) is 17.6. The summed E-state index contributed by atoms with van der Waals surface area (Å²) in [5.41, 5.74) is 0. The molecule has 29 heavy (non-hydrogen) atoms. The normalized spacial score (nSPS) is 16.3. The van der Waals surface area contributed by atoms with Crippen molar-refractivity contribution in [3.63, 3.8) is 0 Å². The fourth-order valence-electron chi connectivity index (χ4n) is 4.64. The van der Waals surface area contributed by atoms with Gasteiger partial charge in [-0.25, -0.2) is 0 Å². The number of hydrogen-bond acceptors (Lipinski definition) is 2. The van der Waals surface area contributed by atoms with Gasteiger partial charge in [-0.2, -0.15) is 0 Å². The summed E-state index contributed by atoms with van der Waals surface area (Å²) in [6, 6.07) is 0. The van der Waals surface area contributed by atoms with Crippen LogP contribution in [-0.2, 0) is 0 Å². The average Bonchev–Trinajstić information content (AvgIpc) is 3.07. The first kappa shape index (κ1) is 26.4. The zero-order valence-electron chi connectivity index (χ0n) is 20.5. The Hall–Kier alpha value is -0.660. The summed E-state index contributed by atoms with van der Waals surface area (Å²) in [6.07, 6.45) is 33.7. The zero-order chi connectivity index (χ0) is 21.0. The highest BCUT2D eigenvalue weighted by Crippen LogP contribution is 2.21. The van der Waals surface area contributed by atoms with E-state index in [4.69, 9.17) is 0 Å². The number of rotatable bonds is 21. The summed E-state index contributed by atoms with van der Waals surface area (Å²) in [5.74, 6) is 0. The lowest BCUT2D eigenvalue weighted by atomic mass is 10.0. The maximum Gasteiger partial charge on any atom is 0.100 e. The highest BCUT2D eigenvalue weighted by atomic mass is 15.4. The fourth-order valence-corrected chi connectivity index (χ4v) is 4.64. The van der Waals surface area contributed by atoms with E-state index in [1.807, 2.05) is 0 Å². The van der Waals surface area contributed by atoms with Gasteiger partial charge in [0.1, 0.15) is 6.17 Å². The summed E-state index contributed by atoms with van der Waals surface area (Å²) in [4.78, 5) is 5.03. The van der Waals surface area contributed by atoms with Crippen LogP contribution < -0.4 is 0 Å². The topological polar surface area (TPSA) is 6.48 Å². The molecule has 1 heterocycles. The predicted octanol–water partition coefficient (Wildman–Crippen LogP) is 8.87. The molecule has 1 atom stereocenters. The minimum atomic E-state index is 0.623. The number of hydrogen-bond donors (Lipinski definition) is 0. The van der Waals surface area contributed by atoms with E-state index in [0.29, 0.717) is 6.17 Å². The third-order valence-corrected chi connectivity index (χ3v) is 6.68. The van der Waals surface area contributed by atoms with E-state index >= 15 is 0 Å². The van der Waals surface area contributed by atoms with E-state index < -0.39 is 0 Å². The lowest BCUT2D eigenvalue weighted by Gasteiger charge is -2.30. The van der Waals surface area contributed by atoms with Crippen molar-refractivity contribution in [1.82, 2.24) is 9.80 Å². The molecule has 0 radical (unpaired) electrons. The zero-order valence-corrected chi connectivity index (χ0v) is 20.5. The Morgan fingerprint density at radius 1 is 0.517 bits per heavy atom. The van der Waals surface area contributed by atoms with Gasteiger partial charge in [-0.15, -0.1) is 0 Å². The summed E-state index contributed by atoms with van der Waals surface area (Å²) in [6.45, 7) is 5.85. The van der Waals surface area contributed by atoms with Gasteiger partial charge in [0.2, 0.25) is 0 Å². The predicted molar refractivity (Wildman–Crippen MR) is 131 cm³/mol. The van der Waals surface area contributed by atoms with Crippen LogP contribution in [0.15, 0.2) is 12.4 Å². The van der Waals surface area contributed by atoms with Gasteiger partial charge in [0.05, 0.1) is 0 Å². The Morgan fingerprint density at radius 2 is 0.931 bits per heavy atom. The summed E-state index contributed by atoms with van der Waals surface area (Å²) in [7, 11) is 2.26. The van der Waals surface area contributed by atoms with Crippen molar-refractivity contribution in [3.05, 3.63) is 12.4 Å². The number of unbranched alkanes of at least 4 members (excludes halogenated alkanes) is 17. The van der Waals surface area contributed by atoms with Gasteiger partial charge in [-0.3, -0.25) is 0 Å². The van der Waals surface area contributed by atoms with Crippen molar-refractivity contribution < 1.29 is 0 Å². The Morgan fingerprint density at radius 3 is 1.41 bits per heavy atom. The number of nitrogens with zero attached hydrogens (tertiary/aromatic N) is 2. The molecule has 0 spiro atoms. The van der Waals surface area contributed by atoms with Crippen LogP contribution in [0.2, 0.25) is 0 Å². The molecule has 0 saturated carbocycles. The Bertz CT molecular complexity index is 366. The van der Waals surface area contributed by atoms with Crippen LogP contribution in [0.3, 0.4) is 0 Å². The van der Waals surface area contributed by atoms with Crippen molar-refractivity contribution in [2.75, 3.05) is 13.6 Å². The Labute approximate surface area is 184 Å². The summed E-state index contributed by atoms with van der Waals surface area (Å²) >= 11 is 0. The van der Waals surface area contributed by atoms with Gasteiger partial charge in [0.15, 0.2) is 0 Å². The highest BCUT2D eigenvalue weighted by Gasteiger charge is 2.22. The standard InChI is InChI=1S/C27H54N2/c1-4-6-8-10-12-13-14-15-16-17-19-21-23-27-28(3)25-26-29(27)24-22-20-18-11-9-7-5-2/h25-27H,4-24H2,1-3H3. The van der Waals surface area contributed by atoms with E-state index in [0.717, 1.165) is 0 Å². The first-order valence-electron chi connectivity index (χ1n) is 13.5. The van der Waals surface area contributed by atoms with Crippen molar-refractivity contribution in [2.45, 2.75) is 148 Å². The van der Waals surface area contributed by atoms with E-state index in [-0.39, 0.29) is 0 Å². The van der Waals surface area contributed by atoms with Crippen molar-refractivity contribution in [1.29, 1.82) is 0 Å². The van der Waals surface area contributed by atoms with E-state index in [1.165, 1.54) is 135 Å². The largest absolute Gasteiger partial charge is 0.359 e. The van der Waals surface area contributed by atoms with Gasteiger partial charge in [0, 0.05) is 26.0 Å². The molecule has 0 aromatic rings. The molecule has 1 unspecified atom stereocenters. The van der Waals surface area contributed by atoms with Crippen LogP contribution in [0.5, 0.6) is 0 Å². The second kappa shape index (κ2) is 19.3. The molecule has 0 fully saturated rings. The molecule has 1 aliphatic heterocycles. The van der Waals surface area contributed by atoms with Gasteiger partial charge < -0.3 is 9.80 Å². The Balaban J connectivity index is 1.95. The lowest BCUT2D eigenvalue weighted by Crippen LogP contribution is -2.37. The van der Waals surface area contributed by atoms with E-state index in [1.54, 1.807) is 0 Å². The van der Waals surface area contributed by atoms with Crippen LogP contribution in [0.1, 0.15) is 142 Å². The van der Waals surface area contributed by atoms with Crippen LogP contribution >= 0.6 is 0 Å². The van der Waals surface area contributed by atoms with Crippen LogP contribution in [-0.4, -0.2) is 29.6 Å². The molecule has 0 N–H and O–H groups in total. The van der Waals surface area contributed by atoms with Gasteiger partial charge in [-0.05, 0) is 19.3 Å². The molecule has 2 heteroatoms. The highest BCUT2D eigenvalue weighted by molar-refractivity contribution is 4.95. The molecule has 0 amide bonds. The van der Waals surface area contributed by atoms with Crippen LogP contribution in [0.4, 0.5) is 0 Å². The SMILES string of the molecule is CCCCCCCCCCCCCCC1N(C)C=CN1CCCCCCCCC. The monoisotopic (exact) mass is 406 g/mol. The molecule has 0 aromatic heterocycles. The molecule has 1 aliphatic rings. The molecule has 0 aliphatic carbocycles. The molecule has 2 nitrogen and oxygen atoms in total. The van der Waals surface area contributed by atoms with Gasteiger partial charge in [-0.1, -0.05) is 123 Å². The first-order valence-corrected chi connectivity index (χ1v) is 13.5. The fraction of sp³-hybridized carbons (Fsp3) is 0.926. The van der Waals surface area contributed by atoms with Crippen LogP contribution in [0, 0.1) is 0 Å². The molecular formula is C27H54N2. The molecule has 0 aromatic carbocycles. The minimum Gasteiger partial charge on any atom is -0.359 e. The average molecular weight is 407 g/mol. The van der Waals surface area contributed by atoms with Gasteiger partial charge in [0.25, 0.3) is 0 Å². The summed E-state index contributed by atoms with van der Waals surface area (Å²) in [5, 5.41) is 0. The van der Waals surface area contributed by atoms with Gasteiger partial charge >= 0.3 is 0 Å². The first-order chi connectivity index (χ1) is 14.3. The smallest absolute Gasteiger partial charge is 0.100 e. The van der Waals surface area contributed by atoms with Crippen LogP contribution in [0.25, 0.3) is 0 Å². The van der Waals surface area contributed by atoms with E-state index in [2.05, 4.69) is 43.1 Å².